The zero-order valence-electron chi connectivity index (χ0n) is 19.9. The van der Waals surface area contributed by atoms with E-state index in [1.807, 2.05) is 0 Å². The van der Waals surface area contributed by atoms with Crippen LogP contribution in [0.4, 0.5) is 10.8 Å². The number of carbonyl (C=O) groups is 4. The van der Waals surface area contributed by atoms with E-state index in [0.29, 0.717) is 5.57 Å². The van der Waals surface area contributed by atoms with Crippen molar-refractivity contribution in [2.45, 2.75) is 31.0 Å². The number of rotatable bonds is 9. The van der Waals surface area contributed by atoms with E-state index in [2.05, 4.69) is 15.5 Å². The normalized spacial score (nSPS) is 19.7. The van der Waals surface area contributed by atoms with E-state index >= 15 is 0 Å². The van der Waals surface area contributed by atoms with Crippen LogP contribution in [0.1, 0.15) is 12.6 Å². The van der Waals surface area contributed by atoms with Crippen LogP contribution in [0.3, 0.4) is 0 Å². The van der Waals surface area contributed by atoms with E-state index in [1.54, 1.807) is 6.20 Å². The molecule has 0 saturated carbocycles. The molecule has 39 heavy (non-hydrogen) atoms. The van der Waals surface area contributed by atoms with Gasteiger partial charge in [0.2, 0.25) is 18.1 Å². The molecule has 2 aromatic rings. The number of hydrogen-bond acceptors (Lipinski definition) is 12. The molecule has 2 aliphatic rings. The fourth-order valence-corrected chi connectivity index (χ4v) is 5.97. The number of aromatic nitrogens is 2. The number of oxime groups is 1. The minimum absolute atomic E-state index is 0.00609. The van der Waals surface area contributed by atoms with Crippen LogP contribution in [0.25, 0.3) is 0 Å². The maximum absolute atomic E-state index is 13.1. The van der Waals surface area contributed by atoms with Crippen molar-refractivity contribution in [3.05, 3.63) is 39.8 Å². The van der Waals surface area contributed by atoms with Crippen LogP contribution < -0.4 is 21.4 Å². The lowest BCUT2D eigenvalue weighted by Crippen LogP contribution is -2.71. The lowest BCUT2D eigenvalue weighted by atomic mass is 10.0. The summed E-state index contributed by atoms with van der Waals surface area (Å²) in [7, 11) is 0. The van der Waals surface area contributed by atoms with Crippen LogP contribution in [-0.2, 0) is 30.6 Å². The summed E-state index contributed by atoms with van der Waals surface area (Å²) >= 11 is 8.17. The molecule has 4 heterocycles. The number of thioether (sulfide) groups is 1. The largest absolute Gasteiger partial charge is 0.501 e. The summed E-state index contributed by atoms with van der Waals surface area (Å²) in [4.78, 5) is 59.3. The monoisotopic (exact) mass is 598 g/mol. The standard InChI is InChI=1S/C21H20ClN7O8S2/c1-7(19(33)34)37-27-12(11-15(22)39-21(24)26-11)16(31)25-13-17(32)29-14(20(35)36)8(6-38-18(13)29)4-28-3-2-9(23)10(30)5-28/h2-3,5,7,13,18,23H,4,6H2,1H3,(H6,24,25,26,30,31,33,34,35,36)/p+1/t7-,13?,18?/m0/s1. The van der Waals surface area contributed by atoms with Crippen LogP contribution in [0.2, 0.25) is 4.34 Å². The third kappa shape index (κ3) is 5.55. The number of thiazole rings is 1. The molecule has 206 valence electrons. The third-order valence-electron chi connectivity index (χ3n) is 5.63. The lowest BCUT2D eigenvalue weighted by Gasteiger charge is -2.49. The number of aliphatic carboxylic acids is 2. The van der Waals surface area contributed by atoms with Gasteiger partial charge < -0.3 is 36.9 Å². The minimum Gasteiger partial charge on any atom is -0.501 e. The van der Waals surface area contributed by atoms with Gasteiger partial charge in [-0.1, -0.05) is 28.1 Å². The summed E-state index contributed by atoms with van der Waals surface area (Å²) in [6.45, 7) is 1.25. The fraction of sp³-hybridized carbons (Fsp3) is 0.286. The Balaban J connectivity index is 1.56. The van der Waals surface area contributed by atoms with Gasteiger partial charge in [0.05, 0.1) is 5.69 Å². The smallest absolute Gasteiger partial charge is 0.352 e. The second-order valence-electron chi connectivity index (χ2n) is 8.28. The number of nitrogen functional groups attached to an aromatic ring is 2. The highest BCUT2D eigenvalue weighted by molar-refractivity contribution is 8.00. The van der Waals surface area contributed by atoms with Gasteiger partial charge in [0.1, 0.15) is 27.1 Å². The molecule has 2 aromatic heterocycles. The third-order valence-corrected chi connectivity index (χ3v) is 8.05. The number of hydrogen-bond donors (Lipinski definition) is 6. The lowest BCUT2D eigenvalue weighted by molar-refractivity contribution is -0.689. The van der Waals surface area contributed by atoms with Crippen molar-refractivity contribution in [2.75, 3.05) is 17.2 Å². The number of carbonyl (C=O) groups excluding carboxylic acids is 2. The number of halogens is 1. The molecule has 0 aromatic carbocycles. The number of nitrogens with one attached hydrogen (secondary N) is 1. The Hall–Kier alpha value is -4.09. The number of aromatic hydroxyl groups is 1. The summed E-state index contributed by atoms with van der Waals surface area (Å²) in [6.07, 6.45) is 1.48. The van der Waals surface area contributed by atoms with Gasteiger partial charge in [0.15, 0.2) is 23.6 Å². The van der Waals surface area contributed by atoms with Gasteiger partial charge in [0.25, 0.3) is 11.8 Å². The first-order valence-electron chi connectivity index (χ1n) is 11.0. The van der Waals surface area contributed by atoms with E-state index < -0.39 is 47.0 Å². The highest BCUT2D eigenvalue weighted by atomic mass is 35.5. The minimum atomic E-state index is -1.42. The van der Waals surface area contributed by atoms with E-state index in [0.717, 1.165) is 16.2 Å². The SMILES string of the molecule is C[C@H](ON=C(C(=O)NC1C(=O)N2C(C(=O)O)=C(C[n+]3ccc(N)c(O)c3)CSC12)c1nc(N)sc1Cl)C(=O)O. The van der Waals surface area contributed by atoms with Crippen molar-refractivity contribution in [2.24, 2.45) is 5.16 Å². The van der Waals surface area contributed by atoms with Crippen molar-refractivity contribution < 1.29 is 43.9 Å². The first-order valence-corrected chi connectivity index (χ1v) is 13.2. The predicted octanol–water partition coefficient (Wildman–Crippen LogP) is -0.413. The van der Waals surface area contributed by atoms with Gasteiger partial charge in [-0.15, -0.1) is 11.8 Å². The Labute approximate surface area is 232 Å². The first kappa shape index (κ1) is 27.9. The van der Waals surface area contributed by atoms with Crippen LogP contribution >= 0.6 is 34.7 Å². The zero-order chi connectivity index (χ0) is 28.6. The van der Waals surface area contributed by atoms with E-state index in [9.17, 15) is 29.4 Å². The van der Waals surface area contributed by atoms with E-state index in [4.69, 9.17) is 33.0 Å². The molecule has 4 rings (SSSR count). The van der Waals surface area contributed by atoms with Crippen LogP contribution in [0, 0.1) is 0 Å². The predicted molar refractivity (Wildman–Crippen MR) is 139 cm³/mol. The van der Waals surface area contributed by atoms with Crippen LogP contribution in [-0.4, -0.2) is 77.9 Å². The number of nitrogens with zero attached hydrogens (tertiary/aromatic N) is 4. The molecule has 0 bridgehead atoms. The van der Waals surface area contributed by atoms with Crippen molar-refractivity contribution in [1.82, 2.24) is 15.2 Å². The first-order chi connectivity index (χ1) is 18.4. The van der Waals surface area contributed by atoms with E-state index in [-0.39, 0.29) is 44.6 Å². The molecule has 15 nitrogen and oxygen atoms in total. The summed E-state index contributed by atoms with van der Waals surface area (Å²) in [5, 5.41) is 34.1. The highest BCUT2D eigenvalue weighted by Crippen LogP contribution is 2.40. The Morgan fingerprint density at radius 1 is 1.38 bits per heavy atom. The van der Waals surface area contributed by atoms with Gasteiger partial charge in [-0.05, 0) is 6.92 Å². The fourth-order valence-electron chi connectivity index (χ4n) is 3.70. The van der Waals surface area contributed by atoms with Gasteiger partial charge in [-0.25, -0.2) is 14.6 Å². The Morgan fingerprint density at radius 2 is 2.10 bits per heavy atom. The second kappa shape index (κ2) is 11.0. The molecule has 0 spiro atoms. The molecule has 1 saturated heterocycles. The summed E-state index contributed by atoms with van der Waals surface area (Å²) in [6, 6.07) is 0.320. The molecule has 0 radical (unpaired) electrons. The summed E-state index contributed by atoms with van der Waals surface area (Å²) in [5.41, 5.74) is 10.9. The van der Waals surface area contributed by atoms with Gasteiger partial charge >= 0.3 is 11.9 Å². The molecule has 2 aliphatic heterocycles. The van der Waals surface area contributed by atoms with Gasteiger partial charge in [-0.2, -0.15) is 4.57 Å². The number of carboxylic acid groups (broad SMARTS) is 2. The molecule has 8 N–H and O–H groups in total. The maximum Gasteiger partial charge on any atom is 0.352 e. The molecular weight excluding hydrogens is 578 g/mol. The number of carboxylic acids is 2. The summed E-state index contributed by atoms with van der Waals surface area (Å²) in [5.74, 6) is -4.31. The molecule has 18 heteroatoms. The average molecular weight is 599 g/mol. The van der Waals surface area contributed by atoms with E-state index in [1.165, 1.54) is 35.5 Å². The zero-order valence-corrected chi connectivity index (χ0v) is 22.3. The maximum atomic E-state index is 13.1. The topological polar surface area (TPSA) is 235 Å². The molecule has 3 atom stereocenters. The van der Waals surface area contributed by atoms with Crippen molar-refractivity contribution in [3.63, 3.8) is 0 Å². The number of pyridine rings is 1. The Kier molecular flexibility index (Phi) is 7.84. The molecule has 2 amide bonds. The van der Waals surface area contributed by atoms with Gasteiger partial charge in [0, 0.05) is 17.4 Å². The summed E-state index contributed by atoms with van der Waals surface area (Å²) < 4.78 is 1.51. The second-order valence-corrected chi connectivity index (χ2v) is 11.0. The van der Waals surface area contributed by atoms with Gasteiger partial charge in [-0.3, -0.25) is 14.5 Å². The Morgan fingerprint density at radius 3 is 2.69 bits per heavy atom. The quantitative estimate of drug-likeness (QED) is 0.0934. The average Bonchev–Trinajstić information content (AvgIpc) is 3.21. The Bertz CT molecular complexity index is 1450. The van der Waals surface area contributed by atoms with Crippen molar-refractivity contribution in [1.29, 1.82) is 0 Å². The molecule has 0 aliphatic carbocycles. The number of amides is 2. The van der Waals surface area contributed by atoms with Crippen molar-refractivity contribution >= 4 is 75.0 Å². The number of nitrogens with two attached hydrogens (primary N) is 2. The number of fused-ring (bicyclic) bond motifs is 1. The number of anilines is 2. The number of β-lactam (4-membered cyclic amide) rings is 1. The molecular formula is C21H21ClN7O8S2+. The van der Waals surface area contributed by atoms with Crippen LogP contribution in [0.15, 0.2) is 34.9 Å². The highest BCUT2D eigenvalue weighted by Gasteiger charge is 2.55. The molecule has 2 unspecified atom stereocenters. The molecule has 1 fully saturated rings. The van der Waals surface area contributed by atoms with Crippen LogP contribution in [0.5, 0.6) is 5.75 Å². The van der Waals surface area contributed by atoms with Crippen molar-refractivity contribution in [3.8, 4) is 5.75 Å².